The summed E-state index contributed by atoms with van der Waals surface area (Å²) in [6, 6.07) is 8.38. The molecule has 4 aromatic rings. The summed E-state index contributed by atoms with van der Waals surface area (Å²) in [6.45, 7) is 6.32. The Kier molecular flexibility index (Phi) is 4.27. The van der Waals surface area contributed by atoms with Crippen LogP contribution in [-0.4, -0.2) is 37.7 Å². The Morgan fingerprint density at radius 1 is 1.08 bits per heavy atom. The third-order valence-corrected chi connectivity index (χ3v) is 4.48. The first-order valence-electron chi connectivity index (χ1n) is 8.73. The van der Waals surface area contributed by atoms with Gasteiger partial charge in [0.15, 0.2) is 11.5 Å². The lowest BCUT2D eigenvalue weighted by Gasteiger charge is -2.21. The molecule has 7 nitrogen and oxygen atoms in total. The number of nitrogens with one attached hydrogen (secondary N) is 2. The van der Waals surface area contributed by atoms with Crippen molar-refractivity contribution in [2.24, 2.45) is 0 Å². The normalized spacial score (nSPS) is 11.0. The minimum absolute atomic E-state index is 0.720. The number of aromatic nitrogens is 5. The molecule has 4 rings (SSSR count). The Balaban J connectivity index is 1.64. The second-order valence-corrected chi connectivity index (χ2v) is 5.94. The fraction of sp³-hybridized carbons (Fsp3) is 0.211. The molecule has 132 valence electrons. The van der Waals surface area contributed by atoms with Crippen LogP contribution in [0.3, 0.4) is 0 Å². The first kappa shape index (κ1) is 16.1. The highest BCUT2D eigenvalue weighted by Crippen LogP contribution is 2.25. The summed E-state index contributed by atoms with van der Waals surface area (Å²) in [5.74, 6) is 0.720. The van der Waals surface area contributed by atoms with Gasteiger partial charge in [-0.15, -0.1) is 0 Å². The molecular formula is C19H21N7. The summed E-state index contributed by atoms with van der Waals surface area (Å²) in [4.78, 5) is 11.3. The Bertz CT molecular complexity index is 983. The van der Waals surface area contributed by atoms with Crippen LogP contribution in [0.15, 0.2) is 55.2 Å². The zero-order valence-corrected chi connectivity index (χ0v) is 14.8. The average Bonchev–Trinajstić information content (AvgIpc) is 3.36. The van der Waals surface area contributed by atoms with Gasteiger partial charge < -0.3 is 10.2 Å². The number of hydrogen-bond acceptors (Lipinski definition) is 5. The average molecular weight is 347 g/mol. The fourth-order valence-electron chi connectivity index (χ4n) is 3.09. The number of H-pyrrole nitrogens is 1. The van der Waals surface area contributed by atoms with E-state index in [-0.39, 0.29) is 0 Å². The second-order valence-electron chi connectivity index (χ2n) is 5.94. The molecule has 0 aliphatic rings. The van der Waals surface area contributed by atoms with E-state index in [4.69, 9.17) is 0 Å². The van der Waals surface area contributed by atoms with Crippen molar-refractivity contribution < 1.29 is 0 Å². The molecule has 0 bridgehead atoms. The largest absolute Gasteiger partial charge is 0.372 e. The summed E-state index contributed by atoms with van der Waals surface area (Å²) >= 11 is 0. The van der Waals surface area contributed by atoms with E-state index in [2.05, 4.69) is 68.5 Å². The molecule has 0 unspecified atom stereocenters. The highest BCUT2D eigenvalue weighted by Gasteiger charge is 2.11. The third-order valence-electron chi connectivity index (χ3n) is 4.48. The topological polar surface area (TPSA) is 74.1 Å². The third kappa shape index (κ3) is 2.88. The maximum Gasteiger partial charge on any atom is 0.180 e. The minimum atomic E-state index is 0.720. The number of nitrogens with zero attached hydrogens (tertiary/aromatic N) is 5. The molecule has 1 aromatic carbocycles. The first-order valence-corrected chi connectivity index (χ1v) is 8.73. The lowest BCUT2D eigenvalue weighted by molar-refractivity contribution is 0.866. The van der Waals surface area contributed by atoms with Gasteiger partial charge in [0.25, 0.3) is 0 Å². The molecule has 0 saturated heterocycles. The number of rotatable bonds is 6. The summed E-state index contributed by atoms with van der Waals surface area (Å²) < 4.78 is 2.00. The quantitative estimate of drug-likeness (QED) is 0.556. The van der Waals surface area contributed by atoms with Crippen LogP contribution >= 0.6 is 0 Å². The van der Waals surface area contributed by atoms with E-state index in [1.807, 2.05) is 23.0 Å². The van der Waals surface area contributed by atoms with Gasteiger partial charge in [0, 0.05) is 48.6 Å². The molecule has 0 spiro atoms. The highest BCUT2D eigenvalue weighted by atomic mass is 15.1. The van der Waals surface area contributed by atoms with E-state index in [9.17, 15) is 0 Å². The molecule has 2 N–H and O–H groups in total. The van der Waals surface area contributed by atoms with Gasteiger partial charge in [-0.2, -0.15) is 5.10 Å². The van der Waals surface area contributed by atoms with Crippen LogP contribution in [0.5, 0.6) is 0 Å². The number of fused-ring (bicyclic) bond motifs is 1. The number of anilines is 3. The Hall–Kier alpha value is -3.35. The minimum Gasteiger partial charge on any atom is -0.372 e. The van der Waals surface area contributed by atoms with E-state index in [0.29, 0.717) is 0 Å². The molecule has 3 heterocycles. The van der Waals surface area contributed by atoms with Crippen LogP contribution < -0.4 is 10.2 Å². The predicted molar refractivity (Wildman–Crippen MR) is 104 cm³/mol. The van der Waals surface area contributed by atoms with Crippen molar-refractivity contribution in [1.82, 2.24) is 24.6 Å². The fourth-order valence-corrected chi connectivity index (χ4v) is 3.09. The molecule has 3 aromatic heterocycles. The van der Waals surface area contributed by atoms with Crippen LogP contribution in [0.1, 0.15) is 13.8 Å². The van der Waals surface area contributed by atoms with Crippen molar-refractivity contribution in [2.45, 2.75) is 13.8 Å². The summed E-state index contributed by atoms with van der Waals surface area (Å²) in [5.41, 5.74) is 4.88. The molecule has 0 amide bonds. The monoisotopic (exact) mass is 347 g/mol. The molecule has 7 heteroatoms. The number of aromatic amines is 1. The van der Waals surface area contributed by atoms with Crippen LogP contribution in [-0.2, 0) is 0 Å². The molecule has 0 atom stereocenters. The smallest absolute Gasteiger partial charge is 0.180 e. The van der Waals surface area contributed by atoms with Gasteiger partial charge in [0.1, 0.15) is 0 Å². The summed E-state index contributed by atoms with van der Waals surface area (Å²) in [5, 5.41) is 10.2. The molecule has 0 radical (unpaired) electrons. The first-order chi connectivity index (χ1) is 12.8. The van der Waals surface area contributed by atoms with Crippen LogP contribution in [0, 0.1) is 0 Å². The highest BCUT2D eigenvalue weighted by molar-refractivity contribution is 5.74. The molecule has 0 saturated carbocycles. The SMILES string of the molecule is CCN(CC)c1ccc(Nc2ncc(-c3cn[nH]c3)n3ccnc23)cc1. The zero-order chi connectivity index (χ0) is 17.9. The van der Waals surface area contributed by atoms with Crippen molar-refractivity contribution >= 4 is 22.8 Å². The van der Waals surface area contributed by atoms with Crippen molar-refractivity contribution in [3.8, 4) is 11.3 Å². The van der Waals surface area contributed by atoms with Crippen LogP contribution in [0.2, 0.25) is 0 Å². The summed E-state index contributed by atoms with van der Waals surface area (Å²) in [6.07, 6.45) is 9.14. The van der Waals surface area contributed by atoms with Crippen LogP contribution in [0.4, 0.5) is 17.2 Å². The van der Waals surface area contributed by atoms with Crippen molar-refractivity contribution in [3.05, 3.63) is 55.2 Å². The van der Waals surface area contributed by atoms with Gasteiger partial charge in [-0.1, -0.05) is 0 Å². The van der Waals surface area contributed by atoms with E-state index >= 15 is 0 Å². The maximum absolute atomic E-state index is 4.57. The van der Waals surface area contributed by atoms with Crippen molar-refractivity contribution in [2.75, 3.05) is 23.3 Å². The zero-order valence-electron chi connectivity index (χ0n) is 14.8. The molecular weight excluding hydrogens is 326 g/mol. The Morgan fingerprint density at radius 2 is 1.88 bits per heavy atom. The summed E-state index contributed by atoms with van der Waals surface area (Å²) in [7, 11) is 0. The Labute approximate surface area is 151 Å². The predicted octanol–water partition coefficient (Wildman–Crippen LogP) is 3.71. The molecule has 26 heavy (non-hydrogen) atoms. The molecule has 0 aliphatic heterocycles. The van der Waals surface area contributed by atoms with Crippen LogP contribution in [0.25, 0.3) is 16.9 Å². The second kappa shape index (κ2) is 6.87. The van der Waals surface area contributed by atoms with Crippen molar-refractivity contribution in [1.29, 1.82) is 0 Å². The maximum atomic E-state index is 4.57. The van der Waals surface area contributed by atoms with E-state index in [1.54, 1.807) is 12.4 Å². The van der Waals surface area contributed by atoms with Gasteiger partial charge in [0.05, 0.1) is 18.1 Å². The number of benzene rings is 1. The Morgan fingerprint density at radius 3 is 2.58 bits per heavy atom. The standard InChI is InChI=1S/C19H21N7/c1-3-25(4-2)16-7-5-15(6-8-16)24-18-19-20-9-10-26(19)17(13-21-18)14-11-22-23-12-14/h5-13H,3-4H2,1-2H3,(H,21,24)(H,22,23). The van der Waals surface area contributed by atoms with Gasteiger partial charge in [-0.05, 0) is 38.1 Å². The van der Waals surface area contributed by atoms with Gasteiger partial charge in [-0.25, -0.2) is 9.97 Å². The van der Waals surface area contributed by atoms with E-state index < -0.39 is 0 Å². The van der Waals surface area contributed by atoms with E-state index in [1.165, 1.54) is 5.69 Å². The van der Waals surface area contributed by atoms with Crippen molar-refractivity contribution in [3.63, 3.8) is 0 Å². The molecule has 0 aliphatic carbocycles. The van der Waals surface area contributed by atoms with Gasteiger partial charge in [-0.3, -0.25) is 9.50 Å². The number of hydrogen-bond donors (Lipinski definition) is 2. The lowest BCUT2D eigenvalue weighted by Crippen LogP contribution is -2.21. The lowest BCUT2D eigenvalue weighted by atomic mass is 10.2. The molecule has 0 fully saturated rings. The van der Waals surface area contributed by atoms with E-state index in [0.717, 1.165) is 41.5 Å². The number of imidazole rings is 1. The van der Waals surface area contributed by atoms with Gasteiger partial charge >= 0.3 is 0 Å². The van der Waals surface area contributed by atoms with Gasteiger partial charge in [0.2, 0.25) is 0 Å².